The largest absolute Gasteiger partial charge is 0.465 e. The molecule has 3 nitrogen and oxygen atoms in total. The lowest BCUT2D eigenvalue weighted by Crippen LogP contribution is -2.03. The third kappa shape index (κ3) is 2.31. The Kier molecular flexibility index (Phi) is 4.15. The molecule has 80 valence electrons. The van der Waals surface area contributed by atoms with Gasteiger partial charge in [-0.25, -0.2) is 4.79 Å². The molecule has 0 radical (unpaired) electrons. The Morgan fingerprint density at radius 1 is 1.67 bits per heavy atom. The van der Waals surface area contributed by atoms with Gasteiger partial charge in [0.2, 0.25) is 0 Å². The SMILES string of the molecule is CCc1c(C)sc(N=C=S)c1C(=O)OC. The van der Waals surface area contributed by atoms with E-state index in [9.17, 15) is 4.79 Å². The molecule has 0 saturated carbocycles. The number of aryl methyl sites for hydroxylation is 1. The van der Waals surface area contributed by atoms with E-state index < -0.39 is 0 Å². The first-order valence-corrected chi connectivity index (χ1v) is 5.66. The topological polar surface area (TPSA) is 38.7 Å². The second kappa shape index (κ2) is 5.16. The van der Waals surface area contributed by atoms with Gasteiger partial charge in [-0.05, 0) is 31.1 Å². The van der Waals surface area contributed by atoms with Crippen LogP contribution in [-0.4, -0.2) is 18.2 Å². The lowest BCUT2D eigenvalue weighted by molar-refractivity contribution is 0.0601. The number of nitrogens with zero attached hydrogens (tertiary/aromatic N) is 1. The minimum absolute atomic E-state index is 0.361. The molecule has 0 spiro atoms. The maximum atomic E-state index is 11.6. The summed E-state index contributed by atoms with van der Waals surface area (Å²) < 4.78 is 4.73. The number of methoxy groups -OCH3 is 1. The van der Waals surface area contributed by atoms with Crippen LogP contribution in [0.5, 0.6) is 0 Å². The quantitative estimate of drug-likeness (QED) is 0.463. The average molecular weight is 241 g/mol. The van der Waals surface area contributed by atoms with Gasteiger partial charge >= 0.3 is 5.97 Å². The molecule has 0 amide bonds. The molecule has 0 aliphatic carbocycles. The van der Waals surface area contributed by atoms with E-state index in [0.29, 0.717) is 10.6 Å². The van der Waals surface area contributed by atoms with E-state index in [4.69, 9.17) is 4.74 Å². The van der Waals surface area contributed by atoms with Gasteiger partial charge in [0.05, 0.1) is 12.3 Å². The first kappa shape index (κ1) is 12.0. The Bertz CT molecular complexity index is 431. The van der Waals surface area contributed by atoms with Crippen molar-refractivity contribution in [2.24, 2.45) is 4.99 Å². The van der Waals surface area contributed by atoms with Crippen molar-refractivity contribution in [3.63, 3.8) is 0 Å². The molecule has 0 saturated heterocycles. The van der Waals surface area contributed by atoms with Gasteiger partial charge in [0.15, 0.2) is 0 Å². The number of hydrogen-bond acceptors (Lipinski definition) is 5. The maximum Gasteiger partial charge on any atom is 0.341 e. The smallest absolute Gasteiger partial charge is 0.341 e. The Balaban J connectivity index is 3.40. The fourth-order valence-electron chi connectivity index (χ4n) is 1.42. The van der Waals surface area contributed by atoms with Crippen molar-refractivity contribution in [3.05, 3.63) is 16.0 Å². The van der Waals surface area contributed by atoms with Crippen molar-refractivity contribution in [2.75, 3.05) is 7.11 Å². The number of hydrogen-bond donors (Lipinski definition) is 0. The summed E-state index contributed by atoms with van der Waals surface area (Å²) in [6, 6.07) is 0. The normalized spacial score (nSPS) is 9.53. The molecule has 0 fully saturated rings. The van der Waals surface area contributed by atoms with E-state index in [1.54, 1.807) is 0 Å². The van der Waals surface area contributed by atoms with Crippen molar-refractivity contribution in [2.45, 2.75) is 20.3 Å². The summed E-state index contributed by atoms with van der Waals surface area (Å²) in [4.78, 5) is 16.5. The molecule has 0 atom stereocenters. The van der Waals surface area contributed by atoms with Gasteiger partial charge in [-0.15, -0.1) is 11.3 Å². The Hall–Kier alpha value is -1.03. The first-order valence-electron chi connectivity index (χ1n) is 4.44. The monoisotopic (exact) mass is 241 g/mol. The number of carbonyl (C=O) groups is 1. The Labute approximate surface area is 97.8 Å². The van der Waals surface area contributed by atoms with Crippen molar-refractivity contribution >= 4 is 39.7 Å². The predicted molar refractivity (Wildman–Crippen MR) is 64.5 cm³/mol. The molecule has 0 unspecified atom stereocenters. The summed E-state index contributed by atoms with van der Waals surface area (Å²) in [5.74, 6) is -0.361. The van der Waals surface area contributed by atoms with Crippen LogP contribution >= 0.6 is 23.6 Å². The van der Waals surface area contributed by atoms with Gasteiger partial charge in [-0.2, -0.15) is 4.99 Å². The number of thiophene rings is 1. The highest BCUT2D eigenvalue weighted by molar-refractivity contribution is 7.78. The zero-order valence-electron chi connectivity index (χ0n) is 8.79. The molecule has 0 aromatic carbocycles. The maximum absolute atomic E-state index is 11.6. The zero-order valence-corrected chi connectivity index (χ0v) is 10.4. The number of ether oxygens (including phenoxy) is 1. The summed E-state index contributed by atoms with van der Waals surface area (Å²) in [7, 11) is 1.36. The van der Waals surface area contributed by atoms with Gasteiger partial charge in [0.25, 0.3) is 0 Å². The number of aliphatic imine (C=N–C) groups is 1. The van der Waals surface area contributed by atoms with Gasteiger partial charge in [-0.3, -0.25) is 0 Å². The van der Waals surface area contributed by atoms with E-state index in [1.165, 1.54) is 18.4 Å². The van der Waals surface area contributed by atoms with E-state index in [1.807, 2.05) is 13.8 Å². The van der Waals surface area contributed by atoms with E-state index in [2.05, 4.69) is 22.4 Å². The molecule has 5 heteroatoms. The minimum Gasteiger partial charge on any atom is -0.465 e. The number of thiocarbonyl (C=S) groups is 1. The molecule has 0 aliphatic heterocycles. The average Bonchev–Trinajstić information content (AvgIpc) is 2.54. The third-order valence-corrected chi connectivity index (χ3v) is 3.21. The molecule has 1 rings (SSSR count). The van der Waals surface area contributed by atoms with Crippen LogP contribution in [-0.2, 0) is 11.2 Å². The highest BCUT2D eigenvalue weighted by Crippen LogP contribution is 2.35. The molecule has 15 heavy (non-hydrogen) atoms. The zero-order chi connectivity index (χ0) is 11.4. The van der Waals surface area contributed by atoms with E-state index >= 15 is 0 Å². The fraction of sp³-hybridized carbons (Fsp3) is 0.400. The Morgan fingerprint density at radius 2 is 2.33 bits per heavy atom. The molecule has 0 bridgehead atoms. The van der Waals surface area contributed by atoms with E-state index in [-0.39, 0.29) is 5.97 Å². The fourth-order valence-corrected chi connectivity index (χ4v) is 2.63. The van der Waals surface area contributed by atoms with Gasteiger partial charge < -0.3 is 4.74 Å². The summed E-state index contributed by atoms with van der Waals surface area (Å²) in [5, 5.41) is 2.87. The van der Waals surface area contributed by atoms with Gasteiger partial charge in [0, 0.05) is 4.88 Å². The number of esters is 1. The lowest BCUT2D eigenvalue weighted by atomic mass is 10.1. The van der Waals surface area contributed by atoms with Crippen LogP contribution in [0.4, 0.5) is 5.00 Å². The molecule has 0 N–H and O–H groups in total. The molecular weight excluding hydrogens is 230 g/mol. The summed E-state index contributed by atoms with van der Waals surface area (Å²) in [6.45, 7) is 3.95. The van der Waals surface area contributed by atoms with E-state index in [0.717, 1.165) is 16.9 Å². The minimum atomic E-state index is -0.361. The molecule has 0 aliphatic rings. The van der Waals surface area contributed by atoms with Crippen molar-refractivity contribution in [1.29, 1.82) is 0 Å². The standard InChI is InChI=1S/C10H11NO2S2/c1-4-7-6(2)15-9(11-5-14)8(7)10(12)13-3/h4H2,1-3H3. The van der Waals surface area contributed by atoms with Gasteiger partial charge in [-0.1, -0.05) is 6.92 Å². The van der Waals surface area contributed by atoms with Crippen LogP contribution in [0.25, 0.3) is 0 Å². The van der Waals surface area contributed by atoms with Crippen LogP contribution in [0, 0.1) is 6.92 Å². The number of carbonyl (C=O) groups excluding carboxylic acids is 1. The molecule has 1 heterocycles. The highest BCUT2D eigenvalue weighted by atomic mass is 32.1. The highest BCUT2D eigenvalue weighted by Gasteiger charge is 2.21. The summed E-state index contributed by atoms with van der Waals surface area (Å²) in [6.07, 6.45) is 0.777. The predicted octanol–water partition coefficient (Wildman–Crippen LogP) is 3.14. The second-order valence-electron chi connectivity index (χ2n) is 2.87. The van der Waals surface area contributed by atoms with Gasteiger partial charge in [0.1, 0.15) is 10.6 Å². The van der Waals surface area contributed by atoms with Crippen LogP contribution < -0.4 is 0 Å². The van der Waals surface area contributed by atoms with Crippen LogP contribution in [0.15, 0.2) is 4.99 Å². The van der Waals surface area contributed by atoms with Crippen molar-refractivity contribution in [3.8, 4) is 0 Å². The summed E-state index contributed by atoms with van der Waals surface area (Å²) >= 11 is 5.98. The van der Waals surface area contributed by atoms with Crippen molar-refractivity contribution < 1.29 is 9.53 Å². The van der Waals surface area contributed by atoms with Crippen molar-refractivity contribution in [1.82, 2.24) is 0 Å². The van der Waals surface area contributed by atoms with Crippen LogP contribution in [0.3, 0.4) is 0 Å². The molecule has 1 aromatic rings. The van der Waals surface area contributed by atoms with Crippen LogP contribution in [0.1, 0.15) is 27.7 Å². The number of isothiocyanates is 1. The molecule has 1 aromatic heterocycles. The summed E-state index contributed by atoms with van der Waals surface area (Å²) in [5.41, 5.74) is 1.51. The van der Waals surface area contributed by atoms with Crippen LogP contribution in [0.2, 0.25) is 0 Å². The first-order chi connectivity index (χ1) is 7.15. The Morgan fingerprint density at radius 3 is 2.80 bits per heavy atom. The second-order valence-corrected chi connectivity index (χ2v) is 4.25. The third-order valence-electron chi connectivity index (χ3n) is 2.08. The number of rotatable bonds is 3. The lowest BCUT2D eigenvalue weighted by Gasteiger charge is -2.01. The molecular formula is C10H11NO2S2.